The lowest BCUT2D eigenvalue weighted by molar-refractivity contribution is 0.0681. The quantitative estimate of drug-likeness (QED) is 0.577. The number of piperazine rings is 1. The molecule has 32 heavy (non-hydrogen) atoms. The highest BCUT2D eigenvalue weighted by molar-refractivity contribution is 7.91. The summed E-state index contributed by atoms with van der Waals surface area (Å²) in [6, 6.07) is 15.1. The second-order valence-electron chi connectivity index (χ2n) is 9.14. The summed E-state index contributed by atoms with van der Waals surface area (Å²) >= 11 is 0. The third-order valence-electron chi connectivity index (χ3n) is 7.26. The van der Waals surface area contributed by atoms with Crippen LogP contribution in [0.3, 0.4) is 0 Å². The number of benzene rings is 2. The summed E-state index contributed by atoms with van der Waals surface area (Å²) in [5, 5.41) is 0. The Morgan fingerprint density at radius 3 is 2.16 bits per heavy atom. The van der Waals surface area contributed by atoms with Crippen LogP contribution in [-0.2, 0) is 9.84 Å². The largest absolute Gasteiger partial charge is 0.497 e. The monoisotopic (exact) mass is 456 g/mol. The first kappa shape index (κ1) is 23.3. The maximum Gasteiger partial charge on any atom is 0.206 e. The van der Waals surface area contributed by atoms with Gasteiger partial charge < -0.3 is 4.74 Å². The Bertz CT molecular complexity index is 974. The van der Waals surface area contributed by atoms with Gasteiger partial charge in [0, 0.05) is 38.3 Å². The van der Waals surface area contributed by atoms with Crippen molar-refractivity contribution in [1.82, 2.24) is 9.80 Å². The Morgan fingerprint density at radius 1 is 0.875 bits per heavy atom. The number of methoxy groups -OCH3 is 1. The van der Waals surface area contributed by atoms with Gasteiger partial charge in [-0.3, -0.25) is 9.80 Å². The van der Waals surface area contributed by atoms with E-state index < -0.39 is 9.84 Å². The molecule has 0 N–H and O–H groups in total. The minimum absolute atomic E-state index is 0.257. The van der Waals surface area contributed by atoms with E-state index in [1.807, 2.05) is 12.1 Å². The normalized spacial score (nSPS) is 20.6. The van der Waals surface area contributed by atoms with Gasteiger partial charge in [0.1, 0.15) is 5.75 Å². The van der Waals surface area contributed by atoms with E-state index in [0.29, 0.717) is 10.6 Å². The minimum Gasteiger partial charge on any atom is -0.497 e. The molecule has 2 fully saturated rings. The molecule has 2 aromatic carbocycles. The first-order chi connectivity index (χ1) is 15.5. The van der Waals surface area contributed by atoms with E-state index in [9.17, 15) is 8.42 Å². The molecule has 0 bridgehead atoms. The van der Waals surface area contributed by atoms with Crippen molar-refractivity contribution in [3.8, 4) is 5.75 Å². The number of hydrogen-bond acceptors (Lipinski definition) is 5. The smallest absolute Gasteiger partial charge is 0.206 e. The van der Waals surface area contributed by atoms with Crippen molar-refractivity contribution in [3.05, 3.63) is 54.1 Å². The van der Waals surface area contributed by atoms with Gasteiger partial charge in [-0.25, -0.2) is 8.42 Å². The van der Waals surface area contributed by atoms with Gasteiger partial charge >= 0.3 is 0 Å². The Hall–Kier alpha value is -1.89. The minimum atomic E-state index is -3.56. The van der Waals surface area contributed by atoms with Gasteiger partial charge in [0.2, 0.25) is 9.84 Å². The van der Waals surface area contributed by atoms with E-state index in [1.165, 1.54) is 45.6 Å². The molecule has 5 nitrogen and oxygen atoms in total. The lowest BCUT2D eigenvalue weighted by Gasteiger charge is -2.41. The molecular formula is C26H36N2O3S. The van der Waals surface area contributed by atoms with Crippen molar-refractivity contribution in [2.45, 2.75) is 67.3 Å². The molecule has 1 aliphatic carbocycles. The highest BCUT2D eigenvalue weighted by atomic mass is 32.2. The first-order valence-corrected chi connectivity index (χ1v) is 13.4. The van der Waals surface area contributed by atoms with Crippen molar-refractivity contribution in [2.75, 3.05) is 33.3 Å². The van der Waals surface area contributed by atoms with Crippen molar-refractivity contribution in [3.63, 3.8) is 0 Å². The fourth-order valence-corrected chi connectivity index (χ4v) is 6.45. The van der Waals surface area contributed by atoms with Crippen LogP contribution in [0.15, 0.2) is 58.3 Å². The molecule has 0 unspecified atom stereocenters. The molecule has 1 atom stereocenters. The molecule has 2 aromatic rings. The third kappa shape index (κ3) is 5.19. The lowest BCUT2D eigenvalue weighted by Crippen LogP contribution is -2.50. The number of ether oxygens (including phenoxy) is 1. The van der Waals surface area contributed by atoms with Crippen molar-refractivity contribution in [2.24, 2.45) is 0 Å². The molecule has 174 valence electrons. The molecule has 4 rings (SSSR count). The van der Waals surface area contributed by atoms with Crippen LogP contribution < -0.4 is 4.74 Å². The van der Waals surface area contributed by atoms with E-state index in [4.69, 9.17) is 4.74 Å². The van der Waals surface area contributed by atoms with E-state index in [-0.39, 0.29) is 10.9 Å². The van der Waals surface area contributed by atoms with Gasteiger partial charge in [0.05, 0.1) is 16.9 Å². The molecule has 1 heterocycles. The zero-order valence-corrected chi connectivity index (χ0v) is 20.2. The Kier molecular flexibility index (Phi) is 7.54. The van der Waals surface area contributed by atoms with Gasteiger partial charge in [-0.05, 0) is 55.7 Å². The van der Waals surface area contributed by atoms with E-state index in [2.05, 4.69) is 16.7 Å². The van der Waals surface area contributed by atoms with Gasteiger partial charge in [-0.2, -0.15) is 0 Å². The van der Waals surface area contributed by atoms with Crippen LogP contribution in [0.5, 0.6) is 5.75 Å². The zero-order chi connectivity index (χ0) is 22.6. The van der Waals surface area contributed by atoms with Crippen LogP contribution in [0.4, 0.5) is 0 Å². The topological polar surface area (TPSA) is 49.9 Å². The molecule has 0 aromatic heterocycles. The molecule has 1 aliphatic heterocycles. The van der Waals surface area contributed by atoms with Crippen LogP contribution in [0, 0.1) is 0 Å². The molecule has 0 amide bonds. The number of rotatable bonds is 6. The van der Waals surface area contributed by atoms with E-state index in [0.717, 1.165) is 37.8 Å². The molecule has 0 spiro atoms. The summed E-state index contributed by atoms with van der Waals surface area (Å²) < 4.78 is 31.2. The van der Waals surface area contributed by atoms with Gasteiger partial charge in [0.25, 0.3) is 0 Å². The summed E-state index contributed by atoms with van der Waals surface area (Å²) in [5.74, 6) is 0.541. The summed E-state index contributed by atoms with van der Waals surface area (Å²) in [7, 11) is -2.02. The second kappa shape index (κ2) is 10.4. The second-order valence-corrected chi connectivity index (χ2v) is 11.1. The van der Waals surface area contributed by atoms with Crippen LogP contribution in [-0.4, -0.2) is 57.5 Å². The average Bonchev–Trinajstić information content (AvgIpc) is 3.13. The average molecular weight is 457 g/mol. The molecule has 1 saturated heterocycles. The standard InChI is InChI=1S/C26H36N2O3S/c1-21(27-16-18-28(19-17-27)23-8-5-3-4-6-9-23)22-12-14-25(15-13-22)32(29,30)26-11-7-10-24(20-26)31-2/h7,10-15,20-21,23H,3-6,8-9,16-19H2,1-2H3/t21-/m0/s1. The molecule has 0 radical (unpaired) electrons. The summed E-state index contributed by atoms with van der Waals surface area (Å²) in [5.41, 5.74) is 1.16. The maximum atomic E-state index is 13.0. The Morgan fingerprint density at radius 2 is 1.53 bits per heavy atom. The van der Waals surface area contributed by atoms with Crippen LogP contribution in [0.2, 0.25) is 0 Å². The number of hydrogen-bond donors (Lipinski definition) is 0. The van der Waals surface area contributed by atoms with E-state index in [1.54, 1.807) is 36.4 Å². The molecule has 1 saturated carbocycles. The third-order valence-corrected chi connectivity index (χ3v) is 9.03. The molecular weight excluding hydrogens is 420 g/mol. The SMILES string of the molecule is COc1cccc(S(=O)(=O)c2ccc([C@H](C)N3CCN(C4CCCCCC4)CC3)cc2)c1. The number of nitrogens with zero attached hydrogens (tertiary/aromatic N) is 2. The van der Waals surface area contributed by atoms with Crippen molar-refractivity contribution >= 4 is 9.84 Å². The summed E-state index contributed by atoms with van der Waals surface area (Å²) in [6.45, 7) is 6.64. The molecule has 6 heteroatoms. The van der Waals surface area contributed by atoms with Crippen molar-refractivity contribution < 1.29 is 13.2 Å². The van der Waals surface area contributed by atoms with E-state index >= 15 is 0 Å². The summed E-state index contributed by atoms with van der Waals surface area (Å²) in [6.07, 6.45) is 8.28. The van der Waals surface area contributed by atoms with Gasteiger partial charge in [0.15, 0.2) is 0 Å². The maximum absolute atomic E-state index is 13.0. The van der Waals surface area contributed by atoms with Gasteiger partial charge in [-0.15, -0.1) is 0 Å². The first-order valence-electron chi connectivity index (χ1n) is 12.0. The van der Waals surface area contributed by atoms with Crippen molar-refractivity contribution in [1.29, 1.82) is 0 Å². The van der Waals surface area contributed by atoms with Crippen LogP contribution in [0.1, 0.15) is 57.1 Å². The molecule has 2 aliphatic rings. The summed E-state index contributed by atoms with van der Waals surface area (Å²) in [4.78, 5) is 5.81. The Labute approximate surface area is 193 Å². The fourth-order valence-electron chi connectivity index (χ4n) is 5.15. The number of sulfone groups is 1. The fraction of sp³-hybridized carbons (Fsp3) is 0.538. The van der Waals surface area contributed by atoms with Gasteiger partial charge in [-0.1, -0.05) is 43.9 Å². The zero-order valence-electron chi connectivity index (χ0n) is 19.4. The highest BCUT2D eigenvalue weighted by Gasteiger charge is 2.27. The lowest BCUT2D eigenvalue weighted by atomic mass is 10.0. The highest BCUT2D eigenvalue weighted by Crippen LogP contribution is 2.29. The predicted octanol–water partition coefficient (Wildman–Crippen LogP) is 4.93. The Balaban J connectivity index is 1.39. The van der Waals surface area contributed by atoms with Crippen LogP contribution >= 0.6 is 0 Å². The predicted molar refractivity (Wildman–Crippen MR) is 128 cm³/mol. The van der Waals surface area contributed by atoms with Crippen LogP contribution in [0.25, 0.3) is 0 Å².